The highest BCUT2D eigenvalue weighted by Crippen LogP contribution is 2.16. The molecule has 1 aromatic heterocycles. The smallest absolute Gasteiger partial charge is 0.110 e. The first-order valence-electron chi connectivity index (χ1n) is 5.97. The van der Waals surface area contributed by atoms with Gasteiger partial charge in [0, 0.05) is 24.2 Å². The standard InChI is InChI=1S/C12H22N2OS/c1-4-5-7-15-8-6-13-11(3)12-14-10(2)9-16-12/h9,11,13H,4-8H2,1-3H3. The highest BCUT2D eigenvalue weighted by Gasteiger charge is 2.07. The Kier molecular flexibility index (Phi) is 6.61. The van der Waals surface area contributed by atoms with E-state index in [0.29, 0.717) is 6.04 Å². The normalized spacial score (nSPS) is 12.9. The zero-order chi connectivity index (χ0) is 11.8. The Morgan fingerprint density at radius 2 is 2.31 bits per heavy atom. The molecule has 0 saturated carbocycles. The minimum atomic E-state index is 0.327. The largest absolute Gasteiger partial charge is 0.380 e. The average molecular weight is 242 g/mol. The number of ether oxygens (including phenoxy) is 1. The molecule has 92 valence electrons. The summed E-state index contributed by atoms with van der Waals surface area (Å²) in [5.41, 5.74) is 1.10. The SMILES string of the molecule is CCCCOCCNC(C)c1nc(C)cs1. The van der Waals surface area contributed by atoms with Crippen molar-refractivity contribution in [3.8, 4) is 0 Å². The fraction of sp³-hybridized carbons (Fsp3) is 0.750. The van der Waals surface area contributed by atoms with Crippen molar-refractivity contribution in [3.63, 3.8) is 0 Å². The molecule has 16 heavy (non-hydrogen) atoms. The maximum atomic E-state index is 5.49. The van der Waals surface area contributed by atoms with Crippen molar-refractivity contribution < 1.29 is 4.74 Å². The summed E-state index contributed by atoms with van der Waals surface area (Å²) in [6.45, 7) is 8.90. The second kappa shape index (κ2) is 7.76. The van der Waals surface area contributed by atoms with Gasteiger partial charge < -0.3 is 10.1 Å². The number of thiazole rings is 1. The minimum Gasteiger partial charge on any atom is -0.380 e. The van der Waals surface area contributed by atoms with Crippen molar-refractivity contribution in [1.29, 1.82) is 0 Å². The maximum Gasteiger partial charge on any atom is 0.110 e. The first kappa shape index (κ1) is 13.6. The number of rotatable bonds is 8. The van der Waals surface area contributed by atoms with Gasteiger partial charge in [-0.05, 0) is 20.3 Å². The van der Waals surface area contributed by atoms with E-state index in [9.17, 15) is 0 Å². The Morgan fingerprint density at radius 3 is 2.94 bits per heavy atom. The van der Waals surface area contributed by atoms with Crippen LogP contribution < -0.4 is 5.32 Å². The molecule has 1 heterocycles. The van der Waals surface area contributed by atoms with Gasteiger partial charge in [0.25, 0.3) is 0 Å². The van der Waals surface area contributed by atoms with E-state index < -0.39 is 0 Å². The lowest BCUT2D eigenvalue weighted by atomic mass is 10.3. The maximum absolute atomic E-state index is 5.49. The number of hydrogen-bond donors (Lipinski definition) is 1. The Balaban J connectivity index is 2.09. The van der Waals surface area contributed by atoms with Crippen LogP contribution in [0.15, 0.2) is 5.38 Å². The van der Waals surface area contributed by atoms with Crippen LogP contribution in [0.5, 0.6) is 0 Å². The van der Waals surface area contributed by atoms with Crippen LogP contribution in [-0.4, -0.2) is 24.7 Å². The van der Waals surface area contributed by atoms with Crippen LogP contribution in [0.4, 0.5) is 0 Å². The lowest BCUT2D eigenvalue weighted by Gasteiger charge is -2.11. The van der Waals surface area contributed by atoms with Gasteiger partial charge in [-0.25, -0.2) is 4.98 Å². The fourth-order valence-corrected chi connectivity index (χ4v) is 2.18. The number of hydrogen-bond acceptors (Lipinski definition) is 4. The van der Waals surface area contributed by atoms with E-state index in [2.05, 4.69) is 29.5 Å². The summed E-state index contributed by atoms with van der Waals surface area (Å²) in [7, 11) is 0. The van der Waals surface area contributed by atoms with Gasteiger partial charge in [-0.3, -0.25) is 0 Å². The molecular formula is C12H22N2OS. The summed E-state index contributed by atoms with van der Waals surface area (Å²) < 4.78 is 5.49. The van der Waals surface area contributed by atoms with Gasteiger partial charge in [-0.1, -0.05) is 13.3 Å². The van der Waals surface area contributed by atoms with Crippen molar-refractivity contribution in [2.75, 3.05) is 19.8 Å². The summed E-state index contributed by atoms with van der Waals surface area (Å²) in [4.78, 5) is 4.45. The van der Waals surface area contributed by atoms with Crippen LogP contribution in [0, 0.1) is 6.92 Å². The van der Waals surface area contributed by atoms with E-state index in [1.807, 2.05) is 6.92 Å². The highest BCUT2D eigenvalue weighted by molar-refractivity contribution is 7.09. The Hall–Kier alpha value is -0.450. The Labute approximate surface area is 102 Å². The summed E-state index contributed by atoms with van der Waals surface area (Å²) in [6, 6.07) is 0.327. The molecule has 1 aromatic rings. The van der Waals surface area contributed by atoms with Gasteiger partial charge in [0.15, 0.2) is 0 Å². The number of unbranched alkanes of at least 4 members (excludes halogenated alkanes) is 1. The van der Waals surface area contributed by atoms with E-state index in [4.69, 9.17) is 4.74 Å². The molecule has 1 atom stereocenters. The fourth-order valence-electron chi connectivity index (χ4n) is 1.35. The molecule has 0 aromatic carbocycles. The van der Waals surface area contributed by atoms with Gasteiger partial charge in [-0.15, -0.1) is 11.3 Å². The molecule has 0 saturated heterocycles. The van der Waals surface area contributed by atoms with Crippen molar-refractivity contribution in [2.24, 2.45) is 0 Å². The first-order chi connectivity index (χ1) is 7.74. The van der Waals surface area contributed by atoms with E-state index in [1.54, 1.807) is 11.3 Å². The van der Waals surface area contributed by atoms with Gasteiger partial charge >= 0.3 is 0 Å². The van der Waals surface area contributed by atoms with Crippen molar-refractivity contribution in [2.45, 2.75) is 39.7 Å². The monoisotopic (exact) mass is 242 g/mol. The number of nitrogens with zero attached hydrogens (tertiary/aromatic N) is 1. The van der Waals surface area contributed by atoms with Gasteiger partial charge in [-0.2, -0.15) is 0 Å². The topological polar surface area (TPSA) is 34.1 Å². The first-order valence-corrected chi connectivity index (χ1v) is 6.85. The van der Waals surface area contributed by atoms with Crippen LogP contribution in [0.3, 0.4) is 0 Å². The van der Waals surface area contributed by atoms with E-state index >= 15 is 0 Å². The van der Waals surface area contributed by atoms with E-state index in [-0.39, 0.29) is 0 Å². The second-order valence-corrected chi connectivity index (χ2v) is 4.86. The molecule has 0 aliphatic rings. The third-order valence-corrected chi connectivity index (χ3v) is 3.49. The lowest BCUT2D eigenvalue weighted by Crippen LogP contribution is -2.23. The Morgan fingerprint density at radius 1 is 1.50 bits per heavy atom. The Bertz CT molecular complexity index is 288. The third-order valence-electron chi connectivity index (χ3n) is 2.35. The molecule has 0 radical (unpaired) electrons. The average Bonchev–Trinajstić information content (AvgIpc) is 2.70. The summed E-state index contributed by atoms with van der Waals surface area (Å²) >= 11 is 1.72. The molecule has 0 fully saturated rings. The molecule has 1 N–H and O–H groups in total. The number of aromatic nitrogens is 1. The predicted octanol–water partition coefficient (Wildman–Crippen LogP) is 2.92. The van der Waals surface area contributed by atoms with Crippen LogP contribution in [0.1, 0.15) is 43.4 Å². The molecule has 1 rings (SSSR count). The highest BCUT2D eigenvalue weighted by atomic mass is 32.1. The second-order valence-electron chi connectivity index (χ2n) is 3.97. The summed E-state index contributed by atoms with van der Waals surface area (Å²) in [6.07, 6.45) is 2.35. The van der Waals surface area contributed by atoms with Crippen molar-refractivity contribution >= 4 is 11.3 Å². The molecule has 0 spiro atoms. The molecule has 4 heteroatoms. The van der Waals surface area contributed by atoms with E-state index in [0.717, 1.165) is 36.9 Å². The molecule has 1 unspecified atom stereocenters. The zero-order valence-electron chi connectivity index (χ0n) is 10.5. The predicted molar refractivity (Wildman–Crippen MR) is 69.0 cm³/mol. The lowest BCUT2D eigenvalue weighted by molar-refractivity contribution is 0.131. The van der Waals surface area contributed by atoms with Gasteiger partial charge in [0.05, 0.1) is 12.6 Å². The van der Waals surface area contributed by atoms with Gasteiger partial charge in [0.1, 0.15) is 5.01 Å². The van der Waals surface area contributed by atoms with Crippen molar-refractivity contribution in [3.05, 3.63) is 16.1 Å². The van der Waals surface area contributed by atoms with Crippen LogP contribution >= 0.6 is 11.3 Å². The van der Waals surface area contributed by atoms with Crippen molar-refractivity contribution in [1.82, 2.24) is 10.3 Å². The number of nitrogens with one attached hydrogen (secondary N) is 1. The summed E-state index contributed by atoms with van der Waals surface area (Å²) in [5, 5.41) is 6.66. The van der Waals surface area contributed by atoms with Crippen LogP contribution in [0.2, 0.25) is 0 Å². The molecule has 0 amide bonds. The van der Waals surface area contributed by atoms with Crippen LogP contribution in [0.25, 0.3) is 0 Å². The molecule has 0 aliphatic carbocycles. The molecular weight excluding hydrogens is 220 g/mol. The quantitative estimate of drug-likeness (QED) is 0.712. The molecule has 3 nitrogen and oxygen atoms in total. The number of aryl methyl sites for hydroxylation is 1. The zero-order valence-corrected chi connectivity index (χ0v) is 11.3. The minimum absolute atomic E-state index is 0.327. The van der Waals surface area contributed by atoms with Crippen LogP contribution in [-0.2, 0) is 4.74 Å². The molecule has 0 aliphatic heterocycles. The third kappa shape index (κ3) is 5.05. The van der Waals surface area contributed by atoms with Gasteiger partial charge in [0.2, 0.25) is 0 Å². The molecule has 0 bridgehead atoms. The summed E-state index contributed by atoms with van der Waals surface area (Å²) in [5.74, 6) is 0. The van der Waals surface area contributed by atoms with E-state index in [1.165, 1.54) is 6.42 Å².